The van der Waals surface area contributed by atoms with E-state index in [0.29, 0.717) is 5.89 Å². The van der Waals surface area contributed by atoms with Crippen LogP contribution < -0.4 is 0 Å². The Labute approximate surface area is 348 Å². The third kappa shape index (κ3) is 5.00. The van der Waals surface area contributed by atoms with Crippen LogP contribution in [0.1, 0.15) is 0 Å². The molecular formula is C55H33N3OS. The van der Waals surface area contributed by atoms with E-state index in [1.54, 1.807) is 0 Å². The van der Waals surface area contributed by atoms with Gasteiger partial charge >= 0.3 is 0 Å². The molecule has 9 aromatic carbocycles. The highest BCUT2D eigenvalue weighted by Crippen LogP contribution is 2.42. The molecule has 0 bridgehead atoms. The minimum Gasteiger partial charge on any atom is -0.434 e. The van der Waals surface area contributed by atoms with E-state index in [2.05, 4.69) is 179 Å². The van der Waals surface area contributed by atoms with E-state index in [9.17, 15) is 0 Å². The molecule has 13 rings (SSSR count). The molecule has 0 fully saturated rings. The molecule has 0 saturated heterocycles. The maximum Gasteiger partial charge on any atom is 0.227 e. The highest BCUT2D eigenvalue weighted by Gasteiger charge is 2.21. The Balaban J connectivity index is 0.961. The number of aromatic nitrogens is 3. The maximum absolute atomic E-state index is 6.63. The second-order valence-electron chi connectivity index (χ2n) is 15.5. The standard InChI is InChI=1S/C55H33N3OS/c1-3-12-34(13-4-1)55-56-47-26-25-43-45-32-37(23-28-50(45)58(53(43)54(47)59-55)39-15-5-2-6-16-39)36-22-27-49-44(31-36)41-18-7-9-20-48(41)57(49)40-17-11-14-35(30-40)38-24-29-52-46(33-38)42-19-8-10-21-51(42)60-52/h1-33H. The third-order valence-corrected chi connectivity index (χ3v) is 13.3. The zero-order valence-electron chi connectivity index (χ0n) is 32.2. The minimum atomic E-state index is 0.622. The Kier molecular flexibility index (Phi) is 7.14. The van der Waals surface area contributed by atoms with Gasteiger partial charge in [-0.2, -0.15) is 0 Å². The van der Waals surface area contributed by atoms with E-state index in [1.807, 2.05) is 41.7 Å². The van der Waals surface area contributed by atoms with Gasteiger partial charge in [0.25, 0.3) is 0 Å². The van der Waals surface area contributed by atoms with Crippen LogP contribution in [-0.2, 0) is 0 Å². The van der Waals surface area contributed by atoms with Crippen LogP contribution >= 0.6 is 11.3 Å². The fourth-order valence-electron chi connectivity index (χ4n) is 9.37. The topological polar surface area (TPSA) is 35.9 Å². The fourth-order valence-corrected chi connectivity index (χ4v) is 10.5. The van der Waals surface area contributed by atoms with Crippen molar-refractivity contribution in [2.75, 3.05) is 0 Å². The van der Waals surface area contributed by atoms with Gasteiger partial charge in [0.2, 0.25) is 5.89 Å². The molecule has 0 spiro atoms. The summed E-state index contributed by atoms with van der Waals surface area (Å²) in [5.74, 6) is 0.622. The Bertz CT molecular complexity index is 3830. The van der Waals surface area contributed by atoms with Crippen molar-refractivity contribution in [3.8, 4) is 45.1 Å². The summed E-state index contributed by atoms with van der Waals surface area (Å²) < 4.78 is 14.0. The van der Waals surface area contributed by atoms with E-state index >= 15 is 0 Å². The van der Waals surface area contributed by atoms with Gasteiger partial charge in [-0.3, -0.25) is 0 Å². The lowest BCUT2D eigenvalue weighted by atomic mass is 10.0. The van der Waals surface area contributed by atoms with Crippen molar-refractivity contribution in [3.63, 3.8) is 0 Å². The van der Waals surface area contributed by atoms with Crippen LogP contribution in [0.25, 0.3) is 120 Å². The molecular weight excluding hydrogens is 751 g/mol. The number of thiophene rings is 1. The summed E-state index contributed by atoms with van der Waals surface area (Å²) >= 11 is 1.86. The van der Waals surface area contributed by atoms with Crippen LogP contribution in [0.3, 0.4) is 0 Å². The third-order valence-electron chi connectivity index (χ3n) is 12.1. The van der Waals surface area contributed by atoms with Crippen LogP contribution in [0, 0.1) is 0 Å². The molecule has 0 aliphatic heterocycles. The van der Waals surface area contributed by atoms with Crippen molar-refractivity contribution in [2.45, 2.75) is 0 Å². The molecule has 4 heterocycles. The van der Waals surface area contributed by atoms with E-state index in [0.717, 1.165) is 50.0 Å². The summed E-state index contributed by atoms with van der Waals surface area (Å²) in [7, 11) is 0. The van der Waals surface area contributed by atoms with Crippen LogP contribution in [0.2, 0.25) is 0 Å². The highest BCUT2D eigenvalue weighted by molar-refractivity contribution is 7.25. The molecule has 0 atom stereocenters. The van der Waals surface area contributed by atoms with Gasteiger partial charge in [-0.25, -0.2) is 4.98 Å². The number of nitrogens with zero attached hydrogens (tertiary/aromatic N) is 3. The van der Waals surface area contributed by atoms with Crippen LogP contribution in [0.4, 0.5) is 0 Å². The zero-order valence-corrected chi connectivity index (χ0v) is 33.0. The maximum atomic E-state index is 6.63. The normalized spacial score (nSPS) is 12.0. The first-order chi connectivity index (χ1) is 29.7. The smallest absolute Gasteiger partial charge is 0.227 e. The number of hydrogen-bond acceptors (Lipinski definition) is 3. The number of oxazole rings is 1. The molecule has 0 unspecified atom stereocenters. The largest absolute Gasteiger partial charge is 0.434 e. The Morgan fingerprint density at radius 1 is 0.367 bits per heavy atom. The van der Waals surface area contributed by atoms with E-state index in [4.69, 9.17) is 9.40 Å². The quantitative estimate of drug-likeness (QED) is 0.174. The Morgan fingerprint density at radius 3 is 1.77 bits per heavy atom. The van der Waals surface area contributed by atoms with Crippen molar-refractivity contribution in [1.29, 1.82) is 0 Å². The number of para-hydroxylation sites is 2. The van der Waals surface area contributed by atoms with Crippen molar-refractivity contribution < 1.29 is 4.42 Å². The molecule has 0 amide bonds. The molecule has 0 saturated carbocycles. The second-order valence-corrected chi connectivity index (χ2v) is 16.6. The molecule has 4 aromatic heterocycles. The average molecular weight is 784 g/mol. The van der Waals surface area contributed by atoms with Crippen molar-refractivity contribution in [2.24, 2.45) is 0 Å². The van der Waals surface area contributed by atoms with Gasteiger partial charge in [0, 0.05) is 58.7 Å². The van der Waals surface area contributed by atoms with E-state index < -0.39 is 0 Å². The lowest BCUT2D eigenvalue weighted by Gasteiger charge is -2.11. The average Bonchev–Trinajstić information content (AvgIpc) is 4.08. The Hall–Kier alpha value is -7.73. The first-order valence-electron chi connectivity index (χ1n) is 20.3. The number of hydrogen-bond donors (Lipinski definition) is 0. The predicted molar refractivity (Wildman–Crippen MR) is 252 cm³/mol. The van der Waals surface area contributed by atoms with E-state index in [-0.39, 0.29) is 0 Å². The summed E-state index contributed by atoms with van der Waals surface area (Å²) in [6.45, 7) is 0. The molecule has 60 heavy (non-hydrogen) atoms. The highest BCUT2D eigenvalue weighted by atomic mass is 32.1. The molecule has 0 aliphatic carbocycles. The summed E-state index contributed by atoms with van der Waals surface area (Å²) in [5.41, 5.74) is 14.1. The van der Waals surface area contributed by atoms with Crippen molar-refractivity contribution in [3.05, 3.63) is 200 Å². The summed E-state index contributed by atoms with van der Waals surface area (Å²) in [5, 5.41) is 7.38. The van der Waals surface area contributed by atoms with Crippen LogP contribution in [0.5, 0.6) is 0 Å². The first kappa shape index (κ1) is 33.3. The molecule has 13 aromatic rings. The lowest BCUT2D eigenvalue weighted by Crippen LogP contribution is -1.94. The summed E-state index contributed by atoms with van der Waals surface area (Å²) in [6.07, 6.45) is 0. The summed E-state index contributed by atoms with van der Waals surface area (Å²) in [6, 6.07) is 72.1. The molecule has 0 aliphatic rings. The van der Waals surface area contributed by atoms with Gasteiger partial charge in [-0.1, -0.05) is 103 Å². The monoisotopic (exact) mass is 783 g/mol. The first-order valence-corrected chi connectivity index (χ1v) is 21.1. The van der Waals surface area contributed by atoms with Gasteiger partial charge in [0.05, 0.1) is 22.1 Å². The zero-order chi connectivity index (χ0) is 39.3. The fraction of sp³-hybridized carbons (Fsp3) is 0. The van der Waals surface area contributed by atoms with Crippen LogP contribution in [-0.4, -0.2) is 14.1 Å². The van der Waals surface area contributed by atoms with Gasteiger partial charge in [-0.05, 0) is 119 Å². The lowest BCUT2D eigenvalue weighted by molar-refractivity contribution is 0.622. The minimum absolute atomic E-state index is 0.622. The van der Waals surface area contributed by atoms with Gasteiger partial charge in [0.15, 0.2) is 5.58 Å². The molecule has 0 N–H and O–H groups in total. The Morgan fingerprint density at radius 2 is 0.950 bits per heavy atom. The second kappa shape index (κ2) is 12.9. The van der Waals surface area contributed by atoms with E-state index in [1.165, 1.54) is 64.1 Å². The van der Waals surface area contributed by atoms with Crippen LogP contribution in [0.15, 0.2) is 205 Å². The van der Waals surface area contributed by atoms with Gasteiger partial charge in [-0.15, -0.1) is 11.3 Å². The molecule has 5 heteroatoms. The number of benzene rings is 9. The SMILES string of the molecule is c1ccc(-c2nc3ccc4c5cc(-c6ccc7c(c6)c6ccccc6n7-c6cccc(-c7ccc8sc9ccccc9c8c7)c6)ccc5n(-c5ccccc5)c4c3o2)cc1. The van der Waals surface area contributed by atoms with Gasteiger partial charge in [0.1, 0.15) is 5.52 Å². The van der Waals surface area contributed by atoms with Crippen molar-refractivity contribution >= 4 is 86.2 Å². The summed E-state index contributed by atoms with van der Waals surface area (Å²) in [4.78, 5) is 4.94. The molecule has 280 valence electrons. The van der Waals surface area contributed by atoms with Crippen molar-refractivity contribution in [1.82, 2.24) is 14.1 Å². The predicted octanol–water partition coefficient (Wildman–Crippen LogP) is 15.4. The molecule has 4 nitrogen and oxygen atoms in total. The van der Waals surface area contributed by atoms with Gasteiger partial charge < -0.3 is 13.6 Å². The number of fused-ring (bicyclic) bond motifs is 11. The molecule has 0 radical (unpaired) electrons. The number of rotatable bonds is 5.